The monoisotopic (exact) mass is 659 g/mol. The molecule has 1 atom stereocenters. The summed E-state index contributed by atoms with van der Waals surface area (Å²) in [5.41, 5.74) is 1.41. The van der Waals surface area contributed by atoms with E-state index >= 15 is 0 Å². The molecule has 0 bridgehead atoms. The van der Waals surface area contributed by atoms with Gasteiger partial charge in [0.15, 0.2) is 28.8 Å². The number of carbonyl (C=O) groups excluding carboxylic acids is 1. The van der Waals surface area contributed by atoms with Crippen LogP contribution < -0.4 is 43.8 Å². The van der Waals surface area contributed by atoms with Gasteiger partial charge >= 0.3 is 29.6 Å². The third-order valence-electron chi connectivity index (χ3n) is 6.85. The van der Waals surface area contributed by atoms with Crippen molar-refractivity contribution in [2.45, 2.75) is 31.8 Å². The Morgan fingerprint density at radius 3 is 1.60 bits per heavy atom. The van der Waals surface area contributed by atoms with Gasteiger partial charge < -0.3 is 56.5 Å². The minimum absolute atomic E-state index is 0. The van der Waals surface area contributed by atoms with Crippen LogP contribution in [0.5, 0.6) is 57.5 Å². The number of methoxy groups -OCH3 is 3. The number of benzene rings is 4. The van der Waals surface area contributed by atoms with E-state index in [9.17, 15) is 45.6 Å². The average molecular weight is 659 g/mol. The smallest absolute Gasteiger partial charge is 1.00 e. The van der Waals surface area contributed by atoms with Crippen LogP contribution in [0.15, 0.2) is 60.7 Å². The maximum Gasteiger partial charge on any atom is 1.00 e. The molecule has 245 valence electrons. The summed E-state index contributed by atoms with van der Waals surface area (Å²) in [5, 5.41) is 77.2. The molecular weight excluding hydrogens is 622 g/mol. The second-order valence-corrected chi connectivity index (χ2v) is 9.93. The summed E-state index contributed by atoms with van der Waals surface area (Å²) in [6, 6.07) is 14.4. The molecule has 14 heteroatoms. The summed E-state index contributed by atoms with van der Waals surface area (Å²) >= 11 is 0. The van der Waals surface area contributed by atoms with Gasteiger partial charge in [0, 0.05) is 39.1 Å². The Balaban J connectivity index is 0.000000867. The van der Waals surface area contributed by atoms with Crippen molar-refractivity contribution in [3.05, 3.63) is 82.9 Å². The van der Waals surface area contributed by atoms with Crippen LogP contribution in [0, 0.1) is 0 Å². The molecule has 4 rings (SSSR count). The number of Topliss-reactive ketones (excluding diaryl/α,β-unsaturated/α-hetero) is 1. The summed E-state index contributed by atoms with van der Waals surface area (Å²) in [7, 11) is 4.52. The van der Waals surface area contributed by atoms with E-state index in [0.29, 0.717) is 30.1 Å². The van der Waals surface area contributed by atoms with Crippen molar-refractivity contribution in [1.29, 1.82) is 0 Å². The minimum atomic E-state index is -1.11. The maximum atomic E-state index is 12.2. The van der Waals surface area contributed by atoms with Crippen molar-refractivity contribution in [3.8, 4) is 57.5 Å². The Bertz CT molecular complexity index is 1610. The van der Waals surface area contributed by atoms with E-state index < -0.39 is 23.4 Å². The molecule has 0 aromatic heterocycles. The minimum Gasteiger partial charge on any atom is -1.00 e. The normalized spacial score (nSPS) is 10.7. The number of ketones is 1. The number of aromatic hydroxyl groups is 7. The number of aliphatic hydroxyl groups is 1. The number of hydrogen-bond donors (Lipinski definition) is 8. The predicted octanol–water partition coefficient (Wildman–Crippen LogP) is 1.56. The first-order valence-corrected chi connectivity index (χ1v) is 13.7. The molecule has 0 saturated heterocycles. The molecule has 0 spiro atoms. The van der Waals surface area contributed by atoms with Crippen molar-refractivity contribution in [2.75, 3.05) is 21.3 Å². The van der Waals surface area contributed by atoms with Crippen LogP contribution in [0.4, 0.5) is 0 Å². The molecule has 12 nitrogen and oxygen atoms in total. The Kier molecular flexibility index (Phi) is 16.1. The second kappa shape index (κ2) is 18.7. The molecule has 0 aliphatic rings. The van der Waals surface area contributed by atoms with Crippen LogP contribution >= 0.6 is 0 Å². The molecule has 1 unspecified atom stereocenters. The molecule has 0 heterocycles. The van der Waals surface area contributed by atoms with Gasteiger partial charge in [-0.2, -0.15) is 0 Å². The van der Waals surface area contributed by atoms with Gasteiger partial charge in [-0.05, 0) is 54.7 Å². The van der Waals surface area contributed by atoms with Crippen LogP contribution in [0.1, 0.15) is 47.4 Å². The number of rotatable bonds is 11. The summed E-state index contributed by atoms with van der Waals surface area (Å²) in [6.45, 7) is 0. The molecule has 4 aromatic carbocycles. The van der Waals surface area contributed by atoms with Gasteiger partial charge in [0.2, 0.25) is 0 Å². The van der Waals surface area contributed by atoms with Gasteiger partial charge in [-0.25, -0.2) is 0 Å². The van der Waals surface area contributed by atoms with Crippen LogP contribution in [0.2, 0.25) is 0 Å². The molecule has 0 saturated carbocycles. The zero-order chi connectivity index (χ0) is 33.3. The topological polar surface area (TPSA) is 207 Å². The zero-order valence-electron chi connectivity index (χ0n) is 27.5. The van der Waals surface area contributed by atoms with Crippen LogP contribution in [0.25, 0.3) is 0 Å². The average Bonchev–Trinajstić information content (AvgIpc) is 2.98. The summed E-state index contributed by atoms with van der Waals surface area (Å²) < 4.78 is 15.3. The number of ether oxygens (including phenoxy) is 3. The van der Waals surface area contributed by atoms with Crippen molar-refractivity contribution in [2.24, 2.45) is 0 Å². The van der Waals surface area contributed by atoms with E-state index in [1.807, 2.05) is 6.07 Å². The summed E-state index contributed by atoms with van der Waals surface area (Å²) in [6.07, 6.45) is 0.0149. The molecule has 0 aliphatic heterocycles. The number of carbonyl (C=O) groups is 1. The quantitative estimate of drug-likeness (QED) is 0.0853. The van der Waals surface area contributed by atoms with Crippen molar-refractivity contribution in [3.63, 3.8) is 0 Å². The maximum absolute atomic E-state index is 12.2. The van der Waals surface area contributed by atoms with Crippen LogP contribution in [0.3, 0.4) is 0 Å². The first-order chi connectivity index (χ1) is 21.4. The second-order valence-electron chi connectivity index (χ2n) is 9.93. The third kappa shape index (κ3) is 10.8. The number of aryl methyl sites for hydroxylation is 2. The van der Waals surface area contributed by atoms with Gasteiger partial charge in [0.1, 0.15) is 40.1 Å². The third-order valence-corrected chi connectivity index (χ3v) is 6.85. The summed E-state index contributed by atoms with van der Waals surface area (Å²) in [4.78, 5) is 12.2. The summed E-state index contributed by atoms with van der Waals surface area (Å²) in [5.74, 6) is -1.13. The van der Waals surface area contributed by atoms with Gasteiger partial charge in [0.25, 0.3) is 0 Å². The first-order valence-electron chi connectivity index (χ1n) is 13.7. The fourth-order valence-electron chi connectivity index (χ4n) is 4.59. The van der Waals surface area contributed by atoms with Crippen LogP contribution in [-0.4, -0.2) is 76.4 Å². The SMILES string of the molecule is COc1ccc(CCC(=O)c2c(O)cc(O)cc2O)cc1OC.COc1ccc(CCC(O)c2c(O)cc(O)cc2O)cc1O.[B].[H-].[Na+]. The Morgan fingerprint density at radius 1 is 0.638 bits per heavy atom. The van der Waals surface area contributed by atoms with Gasteiger partial charge in [-0.1, -0.05) is 12.1 Å². The molecule has 47 heavy (non-hydrogen) atoms. The largest absolute Gasteiger partial charge is 1.00 e. The number of hydrogen-bond acceptors (Lipinski definition) is 12. The number of phenolic OH excluding ortho intramolecular Hbond substituents is 7. The number of aliphatic hydroxyl groups excluding tert-OH is 1. The molecule has 8 N–H and O–H groups in total. The van der Waals surface area contributed by atoms with E-state index in [4.69, 9.17) is 14.2 Å². The van der Waals surface area contributed by atoms with E-state index in [-0.39, 0.29) is 92.1 Å². The predicted molar refractivity (Wildman–Crippen MR) is 170 cm³/mol. The van der Waals surface area contributed by atoms with Crippen LogP contribution in [-0.2, 0) is 12.8 Å². The van der Waals surface area contributed by atoms with E-state index in [0.717, 1.165) is 35.4 Å². The van der Waals surface area contributed by atoms with Crippen molar-refractivity contribution < 1.29 is 90.8 Å². The molecule has 0 fully saturated rings. The van der Waals surface area contributed by atoms with Crippen molar-refractivity contribution in [1.82, 2.24) is 0 Å². The molecule has 0 aliphatic carbocycles. The Labute approximate surface area is 297 Å². The Morgan fingerprint density at radius 2 is 1.11 bits per heavy atom. The number of phenols is 7. The first kappa shape index (κ1) is 40.6. The standard InChI is InChI=1S/C17H18O6.C16H18O6.B.Na.H/c1-22-15-6-4-10(7-16(15)23-2)3-5-12(19)17-13(20)8-11(18)9-14(17)21;1-22-15-5-3-9(6-12(15)19)2-4-11(18)16-13(20)7-10(17)8-14(16)21;;;/h4,6-9,18,20-21H,3,5H2,1-2H3;3,5-8,11,17-21H,2,4H2,1H3;;;/q;;;+1;-1. The van der Waals surface area contributed by atoms with E-state index in [1.54, 1.807) is 24.3 Å². The zero-order valence-corrected chi connectivity index (χ0v) is 28.5. The molecule has 0 amide bonds. The Hall–Kier alpha value is -4.43. The molecule has 3 radical (unpaired) electrons. The van der Waals surface area contributed by atoms with Crippen molar-refractivity contribution >= 4 is 14.2 Å². The van der Waals surface area contributed by atoms with E-state index in [2.05, 4.69) is 0 Å². The molecular formula is C33H37BNaO12. The van der Waals surface area contributed by atoms with E-state index in [1.165, 1.54) is 27.4 Å². The van der Waals surface area contributed by atoms with Gasteiger partial charge in [-0.15, -0.1) is 0 Å². The fourth-order valence-corrected chi connectivity index (χ4v) is 4.59. The fraction of sp³-hybridized carbons (Fsp3) is 0.242. The molecule has 4 aromatic rings. The van der Waals surface area contributed by atoms with Gasteiger partial charge in [0.05, 0.1) is 33.0 Å². The van der Waals surface area contributed by atoms with Gasteiger partial charge in [-0.3, -0.25) is 4.79 Å².